The van der Waals surface area contributed by atoms with Crippen molar-refractivity contribution in [2.45, 2.75) is 13.8 Å². The highest BCUT2D eigenvalue weighted by atomic mass is 19.1. The zero-order valence-corrected chi connectivity index (χ0v) is 8.67. The second-order valence-corrected chi connectivity index (χ2v) is 3.34. The molecule has 4 heteroatoms. The van der Waals surface area contributed by atoms with Gasteiger partial charge in [0, 0.05) is 6.08 Å². The van der Waals surface area contributed by atoms with E-state index in [2.05, 4.69) is 10.9 Å². The molecule has 3 nitrogen and oxygen atoms in total. The second-order valence-electron chi connectivity index (χ2n) is 3.34. The molecule has 0 aromatic heterocycles. The molecule has 0 aliphatic carbocycles. The summed E-state index contributed by atoms with van der Waals surface area (Å²) >= 11 is 0. The maximum absolute atomic E-state index is 12.5. The van der Waals surface area contributed by atoms with E-state index < -0.39 is 0 Å². The van der Waals surface area contributed by atoms with Crippen molar-refractivity contribution in [2.24, 2.45) is 0 Å². The molecule has 0 aliphatic heterocycles. The number of hydrazine groups is 1. The van der Waals surface area contributed by atoms with Crippen molar-refractivity contribution in [3.8, 4) is 0 Å². The van der Waals surface area contributed by atoms with Crippen LogP contribution in [0.2, 0.25) is 0 Å². The summed E-state index contributed by atoms with van der Waals surface area (Å²) in [6.45, 7) is 3.66. The first-order valence-electron chi connectivity index (χ1n) is 4.54. The number of rotatable bonds is 3. The van der Waals surface area contributed by atoms with Crippen LogP contribution in [0.4, 0.5) is 10.1 Å². The Hall–Kier alpha value is -1.84. The fraction of sp³-hybridized carbons (Fsp3) is 0.182. The van der Waals surface area contributed by atoms with Crippen molar-refractivity contribution in [3.05, 3.63) is 41.7 Å². The van der Waals surface area contributed by atoms with Crippen LogP contribution in [0.5, 0.6) is 0 Å². The van der Waals surface area contributed by atoms with Crippen molar-refractivity contribution < 1.29 is 9.18 Å². The lowest BCUT2D eigenvalue weighted by molar-refractivity contribution is -0.116. The highest BCUT2D eigenvalue weighted by molar-refractivity contribution is 5.88. The molecule has 0 bridgehead atoms. The van der Waals surface area contributed by atoms with Gasteiger partial charge in [-0.3, -0.25) is 15.6 Å². The van der Waals surface area contributed by atoms with E-state index in [1.807, 2.05) is 13.8 Å². The fourth-order valence-corrected chi connectivity index (χ4v) is 0.965. The van der Waals surface area contributed by atoms with Crippen molar-refractivity contribution in [2.75, 3.05) is 5.43 Å². The molecule has 0 fully saturated rings. The van der Waals surface area contributed by atoms with Crippen molar-refractivity contribution in [1.29, 1.82) is 0 Å². The third-order valence-corrected chi connectivity index (χ3v) is 1.59. The number of carbonyl (C=O) groups excluding carboxylic acids is 1. The third-order valence-electron chi connectivity index (χ3n) is 1.59. The lowest BCUT2D eigenvalue weighted by Crippen LogP contribution is -2.27. The topological polar surface area (TPSA) is 41.1 Å². The average Bonchev–Trinajstić information content (AvgIpc) is 2.16. The van der Waals surface area contributed by atoms with Crippen LogP contribution in [0.1, 0.15) is 13.8 Å². The van der Waals surface area contributed by atoms with Crippen LogP contribution >= 0.6 is 0 Å². The van der Waals surface area contributed by atoms with Gasteiger partial charge in [0.25, 0.3) is 5.91 Å². The summed E-state index contributed by atoms with van der Waals surface area (Å²) in [5.74, 6) is -0.546. The lowest BCUT2D eigenvalue weighted by Gasteiger charge is -2.06. The molecule has 1 aromatic rings. The molecule has 0 heterocycles. The largest absolute Gasteiger partial charge is 0.298 e. The van der Waals surface area contributed by atoms with Gasteiger partial charge in [0.1, 0.15) is 5.82 Å². The number of carbonyl (C=O) groups is 1. The Kier molecular flexibility index (Phi) is 3.85. The lowest BCUT2D eigenvalue weighted by atomic mass is 10.3. The van der Waals surface area contributed by atoms with E-state index in [0.717, 1.165) is 5.57 Å². The first-order valence-corrected chi connectivity index (χ1v) is 4.54. The Morgan fingerprint density at radius 3 is 2.40 bits per heavy atom. The zero-order chi connectivity index (χ0) is 11.3. The number of nitrogens with one attached hydrogen (secondary N) is 2. The van der Waals surface area contributed by atoms with Gasteiger partial charge in [0.2, 0.25) is 0 Å². The molecule has 0 saturated carbocycles. The van der Waals surface area contributed by atoms with Gasteiger partial charge in [-0.25, -0.2) is 4.39 Å². The quantitative estimate of drug-likeness (QED) is 0.590. The minimum atomic E-state index is -0.309. The van der Waals surface area contributed by atoms with Crippen molar-refractivity contribution >= 4 is 11.6 Å². The Bertz CT molecular complexity index is 367. The molecule has 0 atom stereocenters. The minimum Gasteiger partial charge on any atom is -0.298 e. The number of hydrogen-bond acceptors (Lipinski definition) is 2. The zero-order valence-electron chi connectivity index (χ0n) is 8.67. The van der Waals surface area contributed by atoms with Gasteiger partial charge >= 0.3 is 0 Å². The highest BCUT2D eigenvalue weighted by Gasteiger charge is 1.96. The van der Waals surface area contributed by atoms with E-state index >= 15 is 0 Å². The van der Waals surface area contributed by atoms with Crippen LogP contribution in [0.3, 0.4) is 0 Å². The molecule has 0 unspecified atom stereocenters. The highest BCUT2D eigenvalue weighted by Crippen LogP contribution is 2.06. The Balaban J connectivity index is 2.47. The minimum absolute atomic E-state index is 0.237. The molecular formula is C11H13FN2O. The smallest absolute Gasteiger partial charge is 0.262 e. The number of anilines is 1. The molecule has 2 N–H and O–H groups in total. The summed E-state index contributed by atoms with van der Waals surface area (Å²) in [7, 11) is 0. The number of allylic oxidation sites excluding steroid dienone is 1. The predicted octanol–water partition coefficient (Wildman–Crippen LogP) is 2.24. The number of hydrogen-bond donors (Lipinski definition) is 2. The average molecular weight is 208 g/mol. The van der Waals surface area contributed by atoms with E-state index in [0.29, 0.717) is 5.69 Å². The molecule has 1 amide bonds. The summed E-state index contributed by atoms with van der Waals surface area (Å²) in [6.07, 6.45) is 1.47. The summed E-state index contributed by atoms with van der Waals surface area (Å²) in [5.41, 5.74) is 6.67. The first-order chi connectivity index (χ1) is 7.08. The van der Waals surface area contributed by atoms with Crippen LogP contribution < -0.4 is 10.9 Å². The Morgan fingerprint density at radius 1 is 1.27 bits per heavy atom. The summed E-state index contributed by atoms with van der Waals surface area (Å²) in [6, 6.07) is 5.71. The molecule has 1 aromatic carbocycles. The van der Waals surface area contributed by atoms with E-state index in [1.54, 1.807) is 0 Å². The molecule has 0 radical (unpaired) electrons. The molecule has 0 saturated heterocycles. The normalized spacial score (nSPS) is 9.27. The number of halogens is 1. The second kappa shape index (κ2) is 5.14. The first kappa shape index (κ1) is 11.2. The van der Waals surface area contributed by atoms with Gasteiger partial charge in [0.05, 0.1) is 5.69 Å². The number of benzene rings is 1. The van der Waals surface area contributed by atoms with E-state index in [9.17, 15) is 9.18 Å². The molecule has 0 aliphatic rings. The van der Waals surface area contributed by atoms with Gasteiger partial charge in [-0.2, -0.15) is 0 Å². The fourth-order valence-electron chi connectivity index (χ4n) is 0.965. The van der Waals surface area contributed by atoms with Crippen LogP contribution in [0.25, 0.3) is 0 Å². The van der Waals surface area contributed by atoms with Gasteiger partial charge in [-0.1, -0.05) is 5.57 Å². The van der Waals surface area contributed by atoms with Crippen molar-refractivity contribution in [3.63, 3.8) is 0 Å². The molecule has 80 valence electrons. The SMILES string of the molecule is CC(C)=CC(=O)NNc1ccc(F)cc1. The maximum atomic E-state index is 12.5. The maximum Gasteiger partial charge on any atom is 0.262 e. The monoisotopic (exact) mass is 208 g/mol. The summed E-state index contributed by atoms with van der Waals surface area (Å²) in [5, 5.41) is 0. The summed E-state index contributed by atoms with van der Waals surface area (Å²) in [4.78, 5) is 11.2. The molecule has 0 spiro atoms. The predicted molar refractivity (Wildman–Crippen MR) is 57.6 cm³/mol. The molecular weight excluding hydrogens is 195 g/mol. The van der Waals surface area contributed by atoms with Gasteiger partial charge in [-0.05, 0) is 38.1 Å². The van der Waals surface area contributed by atoms with E-state index in [-0.39, 0.29) is 11.7 Å². The number of amides is 1. The van der Waals surface area contributed by atoms with Gasteiger partial charge in [0.15, 0.2) is 0 Å². The molecule has 15 heavy (non-hydrogen) atoms. The van der Waals surface area contributed by atoms with E-state index in [4.69, 9.17) is 0 Å². The van der Waals surface area contributed by atoms with Crippen LogP contribution in [-0.2, 0) is 4.79 Å². The Morgan fingerprint density at radius 2 is 1.87 bits per heavy atom. The van der Waals surface area contributed by atoms with E-state index in [1.165, 1.54) is 30.3 Å². The Labute approximate surface area is 88.0 Å². The van der Waals surface area contributed by atoms with Crippen LogP contribution in [0.15, 0.2) is 35.9 Å². The van der Waals surface area contributed by atoms with Crippen LogP contribution in [-0.4, -0.2) is 5.91 Å². The van der Waals surface area contributed by atoms with Crippen molar-refractivity contribution in [1.82, 2.24) is 5.43 Å². The standard InChI is InChI=1S/C11H13FN2O/c1-8(2)7-11(15)14-13-10-5-3-9(12)4-6-10/h3-7,13H,1-2H3,(H,14,15). The van der Waals surface area contributed by atoms with Crippen LogP contribution in [0, 0.1) is 5.82 Å². The van der Waals surface area contributed by atoms with Gasteiger partial charge < -0.3 is 0 Å². The molecule has 1 rings (SSSR count). The third kappa shape index (κ3) is 4.26. The van der Waals surface area contributed by atoms with Gasteiger partial charge in [-0.15, -0.1) is 0 Å². The summed E-state index contributed by atoms with van der Waals surface area (Å²) < 4.78 is 12.5.